The molecule has 0 aliphatic carbocycles. The molecule has 0 aromatic carbocycles. The zero-order valence-electron chi connectivity index (χ0n) is 39.0. The second-order valence-corrected chi connectivity index (χ2v) is 16.8. The van der Waals surface area contributed by atoms with Crippen molar-refractivity contribution >= 4 is 19.8 Å². The Labute approximate surface area is 382 Å². The zero-order chi connectivity index (χ0) is 46.2. The van der Waals surface area contributed by atoms with Crippen LogP contribution in [0.5, 0.6) is 0 Å². The van der Waals surface area contributed by atoms with E-state index in [2.05, 4.69) is 116 Å². The highest BCUT2D eigenvalue weighted by atomic mass is 31.2. The Kier molecular flexibility index (Phi) is 44.1. The van der Waals surface area contributed by atoms with Gasteiger partial charge in [-0.2, -0.15) is 0 Å². The molecule has 0 aromatic rings. The molecule has 358 valence electrons. The van der Waals surface area contributed by atoms with E-state index in [0.29, 0.717) is 19.3 Å². The largest absolute Gasteiger partial charge is 0.472 e. The molecule has 3 N–H and O–H groups in total. The fourth-order valence-corrected chi connectivity index (χ4v) is 6.57. The summed E-state index contributed by atoms with van der Waals surface area (Å²) < 4.78 is 32.7. The minimum Gasteiger partial charge on any atom is -0.462 e. The summed E-state index contributed by atoms with van der Waals surface area (Å²) in [5.74, 6) is -1.04. The van der Waals surface area contributed by atoms with Crippen LogP contribution >= 0.6 is 7.82 Å². The van der Waals surface area contributed by atoms with Crippen molar-refractivity contribution in [2.45, 2.75) is 180 Å². The van der Waals surface area contributed by atoms with Crippen LogP contribution in [0.15, 0.2) is 109 Å². The molecule has 0 aliphatic heterocycles. The molecule has 63 heavy (non-hydrogen) atoms. The quantitative estimate of drug-likeness (QED) is 0.0234. The van der Waals surface area contributed by atoms with Crippen molar-refractivity contribution in [1.29, 1.82) is 0 Å². The fourth-order valence-electron chi connectivity index (χ4n) is 5.78. The number of esters is 2. The molecule has 0 radical (unpaired) electrons. The van der Waals surface area contributed by atoms with Gasteiger partial charge in [0.2, 0.25) is 0 Å². The Bertz CT molecular complexity index is 1410. The van der Waals surface area contributed by atoms with E-state index < -0.39 is 51.8 Å². The van der Waals surface area contributed by atoms with Crippen LogP contribution in [-0.2, 0) is 32.7 Å². The normalized spacial score (nSPS) is 14.7. The van der Waals surface area contributed by atoms with Crippen LogP contribution in [0.4, 0.5) is 0 Å². The molecule has 0 bridgehead atoms. The Balaban J connectivity index is 4.43. The Hall–Kier alpha value is -3.37. The van der Waals surface area contributed by atoms with Gasteiger partial charge < -0.3 is 24.6 Å². The van der Waals surface area contributed by atoms with Gasteiger partial charge in [-0.05, 0) is 96.3 Å². The molecule has 3 atom stereocenters. The molecule has 0 amide bonds. The van der Waals surface area contributed by atoms with E-state index in [0.717, 1.165) is 70.6 Å². The van der Waals surface area contributed by atoms with E-state index >= 15 is 0 Å². The van der Waals surface area contributed by atoms with Crippen LogP contribution in [0.3, 0.4) is 0 Å². The molecule has 1 unspecified atom stereocenters. The SMILES string of the molecule is CC/C=C/C/C=C/C/C=C/C/C=C/C/C=C/CCCCCC(=O)OC[C@H](COP(=O)(O)OC[C@@H](O)CO)OC(=O)CCC/C=C/C/C=C/C/C=C/C/C=C/CCCCCCCCC. The number of phosphoric ester groups is 1. The summed E-state index contributed by atoms with van der Waals surface area (Å²) in [5.41, 5.74) is 0. The number of allylic oxidation sites excluding steroid dienone is 18. The molecule has 0 fully saturated rings. The maximum absolute atomic E-state index is 12.6. The van der Waals surface area contributed by atoms with Gasteiger partial charge in [0.15, 0.2) is 6.10 Å². The number of aliphatic hydroxyl groups excluding tert-OH is 2. The fraction of sp³-hybridized carbons (Fsp3) is 0.615. The number of carbonyl (C=O) groups excluding carboxylic acids is 2. The lowest BCUT2D eigenvalue weighted by Gasteiger charge is -2.20. The van der Waals surface area contributed by atoms with Crippen molar-refractivity contribution in [2.24, 2.45) is 0 Å². The highest BCUT2D eigenvalue weighted by molar-refractivity contribution is 7.47. The summed E-state index contributed by atoms with van der Waals surface area (Å²) in [4.78, 5) is 35.1. The number of unbranched alkanes of at least 4 members (excludes halogenated alkanes) is 11. The molecule has 0 rings (SSSR count). The van der Waals surface area contributed by atoms with Gasteiger partial charge in [-0.1, -0.05) is 168 Å². The number of ether oxygens (including phenoxy) is 2. The van der Waals surface area contributed by atoms with Gasteiger partial charge >= 0.3 is 19.8 Å². The highest BCUT2D eigenvalue weighted by Crippen LogP contribution is 2.43. The third kappa shape index (κ3) is 46.4. The third-order valence-corrected chi connectivity index (χ3v) is 10.4. The lowest BCUT2D eigenvalue weighted by molar-refractivity contribution is -0.161. The lowest BCUT2D eigenvalue weighted by Crippen LogP contribution is -2.29. The molecule has 10 nitrogen and oxygen atoms in total. The summed E-state index contributed by atoms with van der Waals surface area (Å²) in [6.07, 6.45) is 59.2. The molecule has 0 spiro atoms. The molecular formula is C52H85O10P. The van der Waals surface area contributed by atoms with Crippen molar-refractivity contribution in [2.75, 3.05) is 26.4 Å². The summed E-state index contributed by atoms with van der Waals surface area (Å²) in [6.45, 7) is 2.15. The predicted octanol–water partition coefficient (Wildman–Crippen LogP) is 13.3. The number of hydrogen-bond acceptors (Lipinski definition) is 9. The van der Waals surface area contributed by atoms with Gasteiger partial charge in [-0.25, -0.2) is 4.57 Å². The monoisotopic (exact) mass is 901 g/mol. The van der Waals surface area contributed by atoms with E-state index in [-0.39, 0.29) is 19.4 Å². The standard InChI is InChI=1S/C52H85O10P/c1-3-5-7-9-11-13-15-17-19-21-23-24-26-28-30-32-34-36-38-40-42-44-52(56)62-50(48-61-63(57,58)60-46-49(54)45-53)47-59-51(55)43-41-39-37-35-33-31-29-27-25-22-20-18-16-14-12-10-8-6-4-2/h6,8,12,14,18-21,24-27,30-33,36,38,49-50,53-54H,3-5,7,9-11,13,15-17,22-23,28-29,34-35,37,39-48H2,1-2H3,(H,57,58)/b8-6+,14-12+,20-18+,21-19+,26-24+,27-25+,32-30+,33-31+,38-36+/t49-,50+/m0/s1. The molecule has 11 heteroatoms. The van der Waals surface area contributed by atoms with Crippen LogP contribution in [0.25, 0.3) is 0 Å². The molecule has 0 aromatic heterocycles. The van der Waals surface area contributed by atoms with Gasteiger partial charge in [0.25, 0.3) is 0 Å². The number of carbonyl (C=O) groups is 2. The van der Waals surface area contributed by atoms with Crippen LogP contribution in [0.1, 0.15) is 168 Å². The van der Waals surface area contributed by atoms with Crippen LogP contribution in [0, 0.1) is 0 Å². The first-order chi connectivity index (χ1) is 30.7. The van der Waals surface area contributed by atoms with Crippen molar-refractivity contribution in [1.82, 2.24) is 0 Å². The smallest absolute Gasteiger partial charge is 0.462 e. The molecular weight excluding hydrogens is 816 g/mol. The number of rotatable bonds is 43. The first kappa shape index (κ1) is 59.6. The number of phosphoric acid groups is 1. The summed E-state index contributed by atoms with van der Waals surface area (Å²) in [5, 5.41) is 18.4. The van der Waals surface area contributed by atoms with Gasteiger partial charge in [0, 0.05) is 12.8 Å². The van der Waals surface area contributed by atoms with Crippen molar-refractivity contribution in [3.63, 3.8) is 0 Å². The van der Waals surface area contributed by atoms with Gasteiger partial charge in [-0.3, -0.25) is 18.6 Å². The minimum atomic E-state index is -4.65. The highest BCUT2D eigenvalue weighted by Gasteiger charge is 2.27. The lowest BCUT2D eigenvalue weighted by atomic mass is 10.1. The van der Waals surface area contributed by atoms with Gasteiger partial charge in [0.1, 0.15) is 12.7 Å². The first-order valence-corrected chi connectivity index (χ1v) is 25.3. The summed E-state index contributed by atoms with van der Waals surface area (Å²) >= 11 is 0. The predicted molar refractivity (Wildman–Crippen MR) is 260 cm³/mol. The van der Waals surface area contributed by atoms with Gasteiger partial charge in [0.05, 0.1) is 19.8 Å². The maximum Gasteiger partial charge on any atom is 0.472 e. The summed E-state index contributed by atoms with van der Waals surface area (Å²) in [7, 11) is -4.65. The van der Waals surface area contributed by atoms with Crippen molar-refractivity contribution in [3.05, 3.63) is 109 Å². The zero-order valence-corrected chi connectivity index (χ0v) is 39.9. The molecule has 0 heterocycles. The minimum absolute atomic E-state index is 0.0940. The molecule has 0 saturated heterocycles. The van der Waals surface area contributed by atoms with Crippen molar-refractivity contribution in [3.8, 4) is 0 Å². The maximum atomic E-state index is 12.6. The van der Waals surface area contributed by atoms with E-state index in [4.69, 9.17) is 19.1 Å². The summed E-state index contributed by atoms with van der Waals surface area (Å²) in [6, 6.07) is 0. The van der Waals surface area contributed by atoms with E-state index in [1.54, 1.807) is 0 Å². The van der Waals surface area contributed by atoms with Gasteiger partial charge in [-0.15, -0.1) is 0 Å². The van der Waals surface area contributed by atoms with Crippen molar-refractivity contribution < 1.29 is 47.8 Å². The molecule has 0 saturated carbocycles. The second kappa shape index (κ2) is 46.6. The Morgan fingerprint density at radius 2 is 0.889 bits per heavy atom. The second-order valence-electron chi connectivity index (χ2n) is 15.4. The first-order valence-electron chi connectivity index (χ1n) is 23.8. The van der Waals surface area contributed by atoms with Crippen LogP contribution < -0.4 is 0 Å². The van der Waals surface area contributed by atoms with E-state index in [1.807, 2.05) is 12.2 Å². The number of aliphatic hydroxyl groups is 2. The average Bonchev–Trinajstić information content (AvgIpc) is 3.27. The topological polar surface area (TPSA) is 149 Å². The van der Waals surface area contributed by atoms with E-state index in [9.17, 15) is 24.2 Å². The average molecular weight is 901 g/mol. The Morgan fingerprint density at radius 1 is 0.492 bits per heavy atom. The van der Waals surface area contributed by atoms with Crippen LogP contribution in [-0.4, -0.2) is 65.7 Å². The number of hydrogen-bond donors (Lipinski definition) is 3. The third-order valence-electron chi connectivity index (χ3n) is 9.41. The molecule has 0 aliphatic rings. The van der Waals surface area contributed by atoms with Crippen LogP contribution in [0.2, 0.25) is 0 Å². The van der Waals surface area contributed by atoms with E-state index in [1.165, 1.54) is 51.4 Å². The Morgan fingerprint density at radius 3 is 1.37 bits per heavy atom.